The molecule has 0 saturated heterocycles. The molecule has 9 aromatic rings. The molecule has 0 spiro atoms. The summed E-state index contributed by atoms with van der Waals surface area (Å²) in [6, 6.07) is 46.0. The maximum absolute atomic E-state index is 11.5. The Hall–Kier alpha value is -5.14. The van der Waals surface area contributed by atoms with E-state index in [4.69, 9.17) is 0 Å². The topological polar surface area (TPSA) is 20.2 Å². The molecule has 0 saturated carbocycles. The highest BCUT2D eigenvalue weighted by atomic mass is 16.3. The molecule has 0 bridgehead atoms. The van der Waals surface area contributed by atoms with Gasteiger partial charge in [-0.15, -0.1) is 0 Å². The lowest BCUT2D eigenvalue weighted by Crippen LogP contribution is -1.84. The van der Waals surface area contributed by atoms with Crippen LogP contribution in [-0.4, -0.2) is 5.11 Å². The van der Waals surface area contributed by atoms with Crippen LogP contribution in [0.1, 0.15) is 0 Å². The first-order valence-corrected chi connectivity index (χ1v) is 13.4. The average Bonchev–Trinajstić information content (AvgIpc) is 2.95. The summed E-state index contributed by atoms with van der Waals surface area (Å²) >= 11 is 0. The summed E-state index contributed by atoms with van der Waals surface area (Å²) in [7, 11) is 0. The van der Waals surface area contributed by atoms with Gasteiger partial charge < -0.3 is 5.11 Å². The molecule has 0 aliphatic rings. The van der Waals surface area contributed by atoms with Crippen LogP contribution in [0.2, 0.25) is 0 Å². The Morgan fingerprint density at radius 1 is 0.256 bits per heavy atom. The van der Waals surface area contributed by atoms with E-state index in [1.165, 1.54) is 53.9 Å². The molecule has 0 heterocycles. The van der Waals surface area contributed by atoms with E-state index in [1.807, 2.05) is 0 Å². The minimum Gasteiger partial charge on any atom is -0.507 e. The van der Waals surface area contributed by atoms with Gasteiger partial charge in [-0.2, -0.15) is 0 Å². The number of phenols is 1. The van der Waals surface area contributed by atoms with Crippen LogP contribution < -0.4 is 0 Å². The molecule has 39 heavy (non-hydrogen) atoms. The Bertz CT molecular complexity index is 2500. The van der Waals surface area contributed by atoms with Crippen molar-refractivity contribution < 1.29 is 5.11 Å². The van der Waals surface area contributed by atoms with Gasteiger partial charge in [0.15, 0.2) is 0 Å². The van der Waals surface area contributed by atoms with E-state index in [1.54, 1.807) is 0 Å². The average molecular weight is 495 g/mol. The van der Waals surface area contributed by atoms with Crippen LogP contribution in [0.25, 0.3) is 86.2 Å². The van der Waals surface area contributed by atoms with Gasteiger partial charge in [-0.3, -0.25) is 0 Å². The zero-order chi connectivity index (χ0) is 25.7. The first kappa shape index (κ1) is 20.9. The molecule has 1 nitrogen and oxygen atoms in total. The van der Waals surface area contributed by atoms with Gasteiger partial charge in [0.2, 0.25) is 0 Å². The van der Waals surface area contributed by atoms with Gasteiger partial charge in [0.25, 0.3) is 0 Å². The second-order valence-corrected chi connectivity index (χ2v) is 10.9. The summed E-state index contributed by atoms with van der Waals surface area (Å²) < 4.78 is 0. The molecule has 0 amide bonds. The lowest BCUT2D eigenvalue weighted by Gasteiger charge is -2.12. The van der Waals surface area contributed by atoms with Crippen LogP contribution in [0.15, 0.2) is 127 Å². The Morgan fingerprint density at radius 2 is 0.487 bits per heavy atom. The SMILES string of the molecule is Oc1c2cc3cc4ccccc4cc3cc2cc2cc3cc4cc5cc6ccccc6cc5cc4cc3cc12. The lowest BCUT2D eigenvalue weighted by atomic mass is 9.93. The number of benzene rings is 9. The summed E-state index contributed by atoms with van der Waals surface area (Å²) in [4.78, 5) is 0. The molecule has 1 heteroatoms. The maximum Gasteiger partial charge on any atom is 0.131 e. The van der Waals surface area contributed by atoms with Gasteiger partial charge in [0.1, 0.15) is 5.75 Å². The summed E-state index contributed by atoms with van der Waals surface area (Å²) in [5.74, 6) is 0.351. The van der Waals surface area contributed by atoms with Crippen LogP contribution in [0.4, 0.5) is 0 Å². The molecule has 0 aromatic heterocycles. The van der Waals surface area contributed by atoms with Crippen molar-refractivity contribution in [2.24, 2.45) is 0 Å². The molecule has 0 aliphatic carbocycles. The van der Waals surface area contributed by atoms with Gasteiger partial charge in [-0.1, -0.05) is 48.5 Å². The molecular weight excluding hydrogens is 472 g/mol. The predicted octanol–water partition coefficient (Wildman–Crippen LogP) is 10.6. The molecule has 0 atom stereocenters. The third-order valence-electron chi connectivity index (χ3n) is 8.48. The number of fused-ring (bicyclic) bond motifs is 8. The molecule has 0 aliphatic heterocycles. The highest BCUT2D eigenvalue weighted by Crippen LogP contribution is 2.40. The maximum atomic E-state index is 11.5. The van der Waals surface area contributed by atoms with E-state index in [2.05, 4.69) is 127 Å². The van der Waals surface area contributed by atoms with E-state index in [0.29, 0.717) is 5.75 Å². The van der Waals surface area contributed by atoms with Crippen molar-refractivity contribution in [3.63, 3.8) is 0 Å². The van der Waals surface area contributed by atoms with Crippen LogP contribution in [0.5, 0.6) is 5.75 Å². The van der Waals surface area contributed by atoms with Crippen molar-refractivity contribution in [3.05, 3.63) is 127 Å². The van der Waals surface area contributed by atoms with E-state index in [0.717, 1.165) is 32.3 Å². The van der Waals surface area contributed by atoms with E-state index in [-0.39, 0.29) is 0 Å². The molecule has 0 fully saturated rings. The summed E-state index contributed by atoms with van der Waals surface area (Å²) in [6.45, 7) is 0. The van der Waals surface area contributed by atoms with Crippen LogP contribution in [-0.2, 0) is 0 Å². The minimum absolute atomic E-state index is 0.351. The number of hydrogen-bond donors (Lipinski definition) is 1. The van der Waals surface area contributed by atoms with Crippen LogP contribution in [0.3, 0.4) is 0 Å². The zero-order valence-corrected chi connectivity index (χ0v) is 21.1. The van der Waals surface area contributed by atoms with Gasteiger partial charge in [0, 0.05) is 10.8 Å². The van der Waals surface area contributed by atoms with Crippen molar-refractivity contribution >= 4 is 86.2 Å². The van der Waals surface area contributed by atoms with Crippen LogP contribution >= 0.6 is 0 Å². The first-order valence-electron chi connectivity index (χ1n) is 13.4. The lowest BCUT2D eigenvalue weighted by molar-refractivity contribution is 0.488. The largest absolute Gasteiger partial charge is 0.507 e. The zero-order valence-electron chi connectivity index (χ0n) is 21.1. The second-order valence-electron chi connectivity index (χ2n) is 10.9. The van der Waals surface area contributed by atoms with E-state index < -0.39 is 0 Å². The number of aromatic hydroxyl groups is 1. The molecule has 0 unspecified atom stereocenters. The van der Waals surface area contributed by atoms with Crippen molar-refractivity contribution in [1.82, 2.24) is 0 Å². The summed E-state index contributed by atoms with van der Waals surface area (Å²) in [5.41, 5.74) is 0. The quantitative estimate of drug-likeness (QED) is 0.208. The van der Waals surface area contributed by atoms with Crippen molar-refractivity contribution in [2.75, 3.05) is 0 Å². The third kappa shape index (κ3) is 3.08. The van der Waals surface area contributed by atoms with Crippen LogP contribution in [0, 0.1) is 0 Å². The molecular formula is C38H22O. The molecule has 9 aromatic carbocycles. The van der Waals surface area contributed by atoms with E-state index in [9.17, 15) is 5.11 Å². The Morgan fingerprint density at radius 3 is 0.821 bits per heavy atom. The van der Waals surface area contributed by atoms with Gasteiger partial charge in [0.05, 0.1) is 0 Å². The monoisotopic (exact) mass is 494 g/mol. The van der Waals surface area contributed by atoms with E-state index >= 15 is 0 Å². The van der Waals surface area contributed by atoms with Gasteiger partial charge >= 0.3 is 0 Å². The van der Waals surface area contributed by atoms with Gasteiger partial charge in [-0.05, 0) is 154 Å². The molecule has 180 valence electrons. The molecule has 0 radical (unpaired) electrons. The second kappa shape index (κ2) is 7.46. The normalized spacial score (nSPS) is 12.2. The van der Waals surface area contributed by atoms with Crippen molar-refractivity contribution in [3.8, 4) is 5.75 Å². The highest BCUT2D eigenvalue weighted by Gasteiger charge is 2.11. The fraction of sp³-hybridized carbons (Fsp3) is 0. The number of hydrogen-bond acceptors (Lipinski definition) is 1. The van der Waals surface area contributed by atoms with Crippen molar-refractivity contribution in [1.29, 1.82) is 0 Å². The first-order chi connectivity index (χ1) is 19.2. The standard InChI is InChI=1S/C38H22O/c39-38-36-20-32-12-25-8-4-3-7-24(25)11-28(32)17-34(36)19-35-18-31-15-29-13-26-9-22-5-1-2-6-23(22)10-27(26)14-30(29)16-33(31)21-37(35)38/h1-21,39H. The summed E-state index contributed by atoms with van der Waals surface area (Å²) in [6.07, 6.45) is 0. The molecule has 9 rings (SSSR count). The smallest absolute Gasteiger partial charge is 0.131 e. The molecule has 1 N–H and O–H groups in total. The summed E-state index contributed by atoms with van der Waals surface area (Å²) in [5, 5.41) is 29.9. The Labute approximate surface area is 224 Å². The fourth-order valence-corrected chi connectivity index (χ4v) is 6.48. The Balaban J connectivity index is 1.31. The third-order valence-corrected chi connectivity index (χ3v) is 8.48. The Kier molecular flexibility index (Phi) is 3.99. The highest BCUT2D eigenvalue weighted by molar-refractivity contribution is 6.16. The van der Waals surface area contributed by atoms with Gasteiger partial charge in [-0.25, -0.2) is 0 Å². The number of rotatable bonds is 0. The predicted molar refractivity (Wildman–Crippen MR) is 168 cm³/mol. The number of phenolic OH excluding ortho intramolecular Hbond substituents is 1. The minimum atomic E-state index is 0.351. The van der Waals surface area contributed by atoms with Crippen molar-refractivity contribution in [2.45, 2.75) is 0 Å². The fourth-order valence-electron chi connectivity index (χ4n) is 6.48.